The van der Waals surface area contributed by atoms with Crippen LogP contribution in [0, 0.1) is 0 Å². The minimum absolute atomic E-state index is 0.0704. The van der Waals surface area contributed by atoms with Crippen molar-refractivity contribution in [3.05, 3.63) is 71.8 Å². The van der Waals surface area contributed by atoms with E-state index in [0.29, 0.717) is 59.9 Å². The first-order valence-corrected chi connectivity index (χ1v) is 13.1. The highest BCUT2D eigenvalue weighted by Gasteiger charge is 2.37. The average Bonchev–Trinajstić information content (AvgIpc) is 3.13. The summed E-state index contributed by atoms with van der Waals surface area (Å²) in [4.78, 5) is 41.0. The largest absolute Gasteiger partial charge is 0.343 e. The fraction of sp³-hybridized carbons (Fsp3) is 0.269. The quantitative estimate of drug-likeness (QED) is 0.552. The molecule has 3 aromatic carbocycles. The topological polar surface area (TPSA) is 104 Å². The Bertz CT molecular complexity index is 1420. The predicted molar refractivity (Wildman–Crippen MR) is 132 cm³/mol. The zero-order chi connectivity index (χ0) is 24.7. The Balaban J connectivity index is 1.47. The van der Waals surface area contributed by atoms with E-state index in [9.17, 15) is 22.8 Å². The first kappa shape index (κ1) is 23.2. The lowest BCUT2D eigenvalue weighted by molar-refractivity contribution is -0.131. The van der Waals surface area contributed by atoms with Gasteiger partial charge in [0.25, 0.3) is 11.8 Å². The number of carbonyl (C=O) groups is 3. The molecule has 2 aliphatic rings. The average molecular weight is 492 g/mol. The van der Waals surface area contributed by atoms with E-state index in [2.05, 4.69) is 4.72 Å². The Morgan fingerprint density at radius 1 is 0.886 bits per heavy atom. The molecule has 35 heavy (non-hydrogen) atoms. The van der Waals surface area contributed by atoms with Crippen LogP contribution in [0.15, 0.2) is 65.6 Å². The van der Waals surface area contributed by atoms with E-state index in [1.165, 1.54) is 12.1 Å². The highest BCUT2D eigenvalue weighted by Crippen LogP contribution is 2.36. The molecule has 0 saturated carbocycles. The number of fused-ring (bicyclic) bond motifs is 2. The number of likely N-dealkylation sites (tertiary alicyclic amines) is 1. The van der Waals surface area contributed by atoms with Crippen LogP contribution < -0.4 is 9.62 Å². The Labute approximate surface area is 203 Å². The number of hydrogen-bond donors (Lipinski definition) is 1. The first-order chi connectivity index (χ1) is 16.8. The zero-order valence-electron chi connectivity index (χ0n) is 19.2. The van der Waals surface area contributed by atoms with Gasteiger partial charge in [0.2, 0.25) is 15.9 Å². The normalized spacial score (nSPS) is 16.7. The summed E-state index contributed by atoms with van der Waals surface area (Å²) in [5, 5.41) is 0.917. The van der Waals surface area contributed by atoms with Gasteiger partial charge in [-0.1, -0.05) is 43.3 Å². The van der Waals surface area contributed by atoms with Crippen molar-refractivity contribution in [3.8, 4) is 0 Å². The van der Waals surface area contributed by atoms with E-state index in [0.717, 1.165) is 4.90 Å². The number of sulfonamides is 1. The summed E-state index contributed by atoms with van der Waals surface area (Å²) >= 11 is 0. The monoisotopic (exact) mass is 491 g/mol. The van der Waals surface area contributed by atoms with Crippen molar-refractivity contribution in [2.45, 2.75) is 37.1 Å². The van der Waals surface area contributed by atoms with E-state index in [-0.39, 0.29) is 16.8 Å². The van der Waals surface area contributed by atoms with E-state index < -0.39 is 21.8 Å². The molecule has 8 nitrogen and oxygen atoms in total. The fourth-order valence-corrected chi connectivity index (χ4v) is 6.36. The van der Waals surface area contributed by atoms with Crippen LogP contribution in [0.4, 0.5) is 5.69 Å². The number of nitrogens with zero attached hydrogens (tertiary/aromatic N) is 2. The summed E-state index contributed by atoms with van der Waals surface area (Å²) in [6, 6.07) is 16.2. The van der Waals surface area contributed by atoms with Crippen LogP contribution in [0.25, 0.3) is 10.8 Å². The summed E-state index contributed by atoms with van der Waals surface area (Å²) in [5.41, 5.74) is 0.998. The molecule has 2 heterocycles. The molecular formula is C26H25N3O5S. The Morgan fingerprint density at radius 3 is 2.06 bits per heavy atom. The lowest BCUT2D eigenvalue weighted by Gasteiger charge is -2.32. The Morgan fingerprint density at radius 2 is 1.46 bits per heavy atom. The summed E-state index contributed by atoms with van der Waals surface area (Å²) in [6.07, 6.45) is 1.51. The molecule has 1 fully saturated rings. The lowest BCUT2D eigenvalue weighted by atomic mass is 10.1. The van der Waals surface area contributed by atoms with Crippen molar-refractivity contribution in [1.82, 2.24) is 9.62 Å². The first-order valence-electron chi connectivity index (χ1n) is 11.6. The van der Waals surface area contributed by atoms with Crippen molar-refractivity contribution in [3.63, 3.8) is 0 Å². The van der Waals surface area contributed by atoms with Crippen LogP contribution in [0.3, 0.4) is 0 Å². The number of amides is 3. The summed E-state index contributed by atoms with van der Waals surface area (Å²) in [5.74, 6) is -0.795. The van der Waals surface area contributed by atoms with Crippen molar-refractivity contribution in [2.24, 2.45) is 0 Å². The second-order valence-electron chi connectivity index (χ2n) is 8.75. The van der Waals surface area contributed by atoms with Crippen LogP contribution in [0.5, 0.6) is 0 Å². The van der Waals surface area contributed by atoms with Gasteiger partial charge in [-0.25, -0.2) is 18.0 Å². The summed E-state index contributed by atoms with van der Waals surface area (Å²) < 4.78 is 29.6. The maximum atomic E-state index is 13.4. The smallest absolute Gasteiger partial charge is 0.266 e. The minimum atomic E-state index is -3.89. The molecule has 3 aromatic rings. The van der Waals surface area contributed by atoms with Gasteiger partial charge < -0.3 is 4.90 Å². The molecule has 2 aliphatic heterocycles. The van der Waals surface area contributed by atoms with Crippen molar-refractivity contribution >= 4 is 44.2 Å². The van der Waals surface area contributed by atoms with Crippen LogP contribution in [-0.4, -0.2) is 50.2 Å². The molecule has 0 spiro atoms. The number of anilines is 1. The summed E-state index contributed by atoms with van der Waals surface area (Å²) in [7, 11) is -3.89. The maximum Gasteiger partial charge on any atom is 0.266 e. The van der Waals surface area contributed by atoms with Gasteiger partial charge in [0.1, 0.15) is 0 Å². The molecule has 0 radical (unpaired) electrons. The highest BCUT2D eigenvalue weighted by molar-refractivity contribution is 7.89. The second kappa shape index (κ2) is 8.90. The maximum absolute atomic E-state index is 13.4. The molecule has 0 aromatic heterocycles. The highest BCUT2D eigenvalue weighted by atomic mass is 32.2. The van der Waals surface area contributed by atoms with Gasteiger partial charge in [0.15, 0.2) is 0 Å². The SMILES string of the molecule is CCC(=O)N1CCC(NS(=O)(=O)c2ccc(N3C(=O)c4ccccc4C3=O)c3ccccc23)CC1. The Kier molecular flexibility index (Phi) is 5.90. The molecule has 1 saturated heterocycles. The molecule has 0 aliphatic carbocycles. The number of benzene rings is 3. The van der Waals surface area contributed by atoms with Crippen LogP contribution in [-0.2, 0) is 14.8 Å². The van der Waals surface area contributed by atoms with Gasteiger partial charge in [-0.05, 0) is 37.1 Å². The predicted octanol–water partition coefficient (Wildman–Crippen LogP) is 3.32. The molecule has 9 heteroatoms. The van der Waals surface area contributed by atoms with E-state index in [4.69, 9.17) is 0 Å². The molecule has 180 valence electrons. The number of imide groups is 1. The molecule has 3 amide bonds. The Hall–Kier alpha value is -3.56. The molecule has 5 rings (SSSR count). The van der Waals surface area contributed by atoms with Crippen LogP contribution in [0.2, 0.25) is 0 Å². The van der Waals surface area contributed by atoms with Gasteiger partial charge in [-0.15, -0.1) is 0 Å². The van der Waals surface area contributed by atoms with Crippen molar-refractivity contribution in [2.75, 3.05) is 18.0 Å². The van der Waals surface area contributed by atoms with Gasteiger partial charge in [-0.3, -0.25) is 14.4 Å². The van der Waals surface area contributed by atoms with E-state index >= 15 is 0 Å². The van der Waals surface area contributed by atoms with Crippen LogP contribution in [0.1, 0.15) is 46.9 Å². The molecule has 0 unspecified atom stereocenters. The number of hydrogen-bond acceptors (Lipinski definition) is 5. The molecule has 1 N–H and O–H groups in total. The van der Waals surface area contributed by atoms with E-state index in [1.54, 1.807) is 53.4 Å². The third-order valence-corrected chi connectivity index (χ3v) is 8.24. The standard InChI is InChI=1S/C26H25N3O5S/c1-2-24(30)28-15-13-17(14-16-28)27-35(33,34)23-12-11-22(18-7-3-4-8-19(18)23)29-25(31)20-9-5-6-10-21(20)26(29)32/h3-12,17,27H,2,13-16H2,1H3. The molecule has 0 atom stereocenters. The third kappa shape index (κ3) is 4.00. The molecular weight excluding hydrogens is 466 g/mol. The van der Waals surface area contributed by atoms with Crippen molar-refractivity contribution < 1.29 is 22.8 Å². The van der Waals surface area contributed by atoms with Gasteiger partial charge in [-0.2, -0.15) is 0 Å². The second-order valence-corrected chi connectivity index (χ2v) is 10.4. The van der Waals surface area contributed by atoms with Gasteiger partial charge >= 0.3 is 0 Å². The number of piperidine rings is 1. The summed E-state index contributed by atoms with van der Waals surface area (Å²) in [6.45, 7) is 2.84. The van der Waals surface area contributed by atoms with E-state index in [1.807, 2.05) is 6.92 Å². The van der Waals surface area contributed by atoms with Gasteiger partial charge in [0.05, 0.1) is 21.7 Å². The number of nitrogens with one attached hydrogen (secondary N) is 1. The molecule has 0 bridgehead atoms. The lowest BCUT2D eigenvalue weighted by Crippen LogP contribution is -2.46. The number of carbonyl (C=O) groups excluding carboxylic acids is 3. The van der Waals surface area contributed by atoms with Gasteiger partial charge in [0, 0.05) is 36.3 Å². The van der Waals surface area contributed by atoms with Crippen molar-refractivity contribution in [1.29, 1.82) is 0 Å². The fourth-order valence-electron chi connectivity index (χ4n) is 4.85. The zero-order valence-corrected chi connectivity index (χ0v) is 20.0. The number of rotatable bonds is 5. The van der Waals surface area contributed by atoms with Crippen LogP contribution >= 0.6 is 0 Å². The third-order valence-electron chi connectivity index (χ3n) is 6.66. The minimum Gasteiger partial charge on any atom is -0.343 e.